The summed E-state index contributed by atoms with van der Waals surface area (Å²) < 4.78 is 10.6. The van der Waals surface area contributed by atoms with Gasteiger partial charge in [0, 0.05) is 26.8 Å². The highest BCUT2D eigenvalue weighted by molar-refractivity contribution is 5.26. The topological polar surface area (TPSA) is 30.5 Å². The molecular weight excluding hydrogens is 226 g/mol. The normalized spacial score (nSPS) is 23.4. The Hall–Kier alpha value is -0.900. The molecule has 3 heteroatoms. The maximum absolute atomic E-state index is 5.40. The summed E-state index contributed by atoms with van der Waals surface area (Å²) >= 11 is 0. The third-order valence-corrected chi connectivity index (χ3v) is 3.72. The monoisotopic (exact) mass is 249 g/mol. The molecule has 2 atom stereocenters. The number of hydrogen-bond donors (Lipinski definition) is 1. The van der Waals surface area contributed by atoms with Crippen molar-refractivity contribution in [2.75, 3.05) is 14.2 Å². The first-order valence-electron chi connectivity index (χ1n) is 6.65. The van der Waals surface area contributed by atoms with Crippen LogP contribution in [0, 0.1) is 0 Å². The predicted molar refractivity (Wildman–Crippen MR) is 72.4 cm³/mol. The van der Waals surface area contributed by atoms with Gasteiger partial charge in [0.1, 0.15) is 0 Å². The van der Waals surface area contributed by atoms with Gasteiger partial charge in [-0.1, -0.05) is 24.3 Å². The Morgan fingerprint density at radius 1 is 1.17 bits per heavy atom. The molecule has 0 saturated heterocycles. The number of rotatable bonds is 6. The van der Waals surface area contributed by atoms with Crippen molar-refractivity contribution in [2.45, 2.75) is 44.6 Å². The van der Waals surface area contributed by atoms with Crippen molar-refractivity contribution < 1.29 is 9.47 Å². The fourth-order valence-electron chi connectivity index (χ4n) is 2.62. The molecule has 0 radical (unpaired) electrons. The van der Waals surface area contributed by atoms with Crippen molar-refractivity contribution in [3.05, 3.63) is 35.4 Å². The van der Waals surface area contributed by atoms with Gasteiger partial charge in [0.15, 0.2) is 0 Å². The molecule has 1 fully saturated rings. The lowest BCUT2D eigenvalue weighted by Crippen LogP contribution is -2.27. The molecule has 0 heterocycles. The van der Waals surface area contributed by atoms with Gasteiger partial charge in [0.2, 0.25) is 0 Å². The quantitative estimate of drug-likeness (QED) is 0.840. The Kier molecular flexibility index (Phi) is 5.17. The SMILES string of the molecule is COCc1ccccc1CNC1CCC(OC)C1. The van der Waals surface area contributed by atoms with E-state index in [1.165, 1.54) is 24.0 Å². The Morgan fingerprint density at radius 3 is 2.61 bits per heavy atom. The number of nitrogens with one attached hydrogen (secondary N) is 1. The van der Waals surface area contributed by atoms with Crippen molar-refractivity contribution >= 4 is 0 Å². The first-order valence-corrected chi connectivity index (χ1v) is 6.65. The first kappa shape index (κ1) is 13.5. The van der Waals surface area contributed by atoms with Crippen LogP contribution >= 0.6 is 0 Å². The highest BCUT2D eigenvalue weighted by Crippen LogP contribution is 2.22. The zero-order chi connectivity index (χ0) is 12.8. The van der Waals surface area contributed by atoms with Crippen LogP contribution in [0.15, 0.2) is 24.3 Å². The number of methoxy groups -OCH3 is 2. The summed E-state index contributed by atoms with van der Waals surface area (Å²) in [5.41, 5.74) is 2.61. The Morgan fingerprint density at radius 2 is 1.94 bits per heavy atom. The molecule has 0 aliphatic heterocycles. The molecule has 1 aliphatic rings. The average molecular weight is 249 g/mol. The van der Waals surface area contributed by atoms with Crippen molar-refractivity contribution in [1.29, 1.82) is 0 Å². The lowest BCUT2D eigenvalue weighted by Gasteiger charge is -2.15. The fourth-order valence-corrected chi connectivity index (χ4v) is 2.62. The molecule has 0 spiro atoms. The summed E-state index contributed by atoms with van der Waals surface area (Å²) in [5.74, 6) is 0. The van der Waals surface area contributed by atoms with E-state index in [0.29, 0.717) is 18.8 Å². The van der Waals surface area contributed by atoms with Crippen LogP contribution in [0.1, 0.15) is 30.4 Å². The zero-order valence-corrected chi connectivity index (χ0v) is 11.3. The van der Waals surface area contributed by atoms with Gasteiger partial charge in [0.25, 0.3) is 0 Å². The molecule has 1 saturated carbocycles. The van der Waals surface area contributed by atoms with Crippen LogP contribution in [-0.4, -0.2) is 26.4 Å². The molecule has 1 aromatic carbocycles. The van der Waals surface area contributed by atoms with Gasteiger partial charge in [-0.05, 0) is 30.4 Å². The van der Waals surface area contributed by atoms with E-state index in [0.717, 1.165) is 13.0 Å². The standard InChI is InChI=1S/C15H23NO2/c1-17-11-13-6-4-3-5-12(13)10-16-14-7-8-15(9-14)18-2/h3-6,14-16H,7-11H2,1-2H3. The molecule has 2 rings (SSSR count). The average Bonchev–Trinajstić information content (AvgIpc) is 2.86. The van der Waals surface area contributed by atoms with Crippen LogP contribution in [-0.2, 0) is 22.6 Å². The van der Waals surface area contributed by atoms with E-state index in [9.17, 15) is 0 Å². The third-order valence-electron chi connectivity index (χ3n) is 3.72. The van der Waals surface area contributed by atoms with E-state index in [-0.39, 0.29) is 0 Å². The lowest BCUT2D eigenvalue weighted by atomic mass is 10.1. The molecule has 3 nitrogen and oxygen atoms in total. The van der Waals surface area contributed by atoms with Gasteiger partial charge in [-0.2, -0.15) is 0 Å². The summed E-state index contributed by atoms with van der Waals surface area (Å²) in [5, 5.41) is 3.63. The van der Waals surface area contributed by atoms with E-state index in [1.54, 1.807) is 14.2 Å². The lowest BCUT2D eigenvalue weighted by molar-refractivity contribution is 0.107. The molecule has 0 aromatic heterocycles. The fraction of sp³-hybridized carbons (Fsp3) is 0.600. The maximum Gasteiger partial charge on any atom is 0.0716 e. The summed E-state index contributed by atoms with van der Waals surface area (Å²) in [4.78, 5) is 0. The molecule has 0 amide bonds. The summed E-state index contributed by atoms with van der Waals surface area (Å²) in [6.07, 6.45) is 3.96. The molecule has 1 N–H and O–H groups in total. The second-order valence-electron chi connectivity index (χ2n) is 4.95. The second-order valence-corrected chi connectivity index (χ2v) is 4.95. The van der Waals surface area contributed by atoms with Crippen LogP contribution in [0.3, 0.4) is 0 Å². The van der Waals surface area contributed by atoms with E-state index in [4.69, 9.17) is 9.47 Å². The van der Waals surface area contributed by atoms with Crippen molar-refractivity contribution in [3.8, 4) is 0 Å². The van der Waals surface area contributed by atoms with Gasteiger partial charge in [0.05, 0.1) is 12.7 Å². The third kappa shape index (κ3) is 3.55. The minimum atomic E-state index is 0.441. The van der Waals surface area contributed by atoms with Crippen LogP contribution in [0.25, 0.3) is 0 Å². The molecule has 100 valence electrons. The van der Waals surface area contributed by atoms with Crippen LogP contribution in [0.2, 0.25) is 0 Å². The number of ether oxygens (including phenoxy) is 2. The van der Waals surface area contributed by atoms with E-state index in [2.05, 4.69) is 29.6 Å². The van der Waals surface area contributed by atoms with Gasteiger partial charge in [-0.25, -0.2) is 0 Å². The highest BCUT2D eigenvalue weighted by Gasteiger charge is 2.23. The number of benzene rings is 1. The predicted octanol–water partition coefficient (Wildman–Crippen LogP) is 2.49. The van der Waals surface area contributed by atoms with Crippen molar-refractivity contribution in [3.63, 3.8) is 0 Å². The van der Waals surface area contributed by atoms with Gasteiger partial charge in [-0.15, -0.1) is 0 Å². The smallest absolute Gasteiger partial charge is 0.0716 e. The largest absolute Gasteiger partial charge is 0.381 e. The van der Waals surface area contributed by atoms with Crippen LogP contribution in [0.4, 0.5) is 0 Å². The van der Waals surface area contributed by atoms with Gasteiger partial charge < -0.3 is 14.8 Å². The highest BCUT2D eigenvalue weighted by atomic mass is 16.5. The Labute approximate surface area is 109 Å². The van der Waals surface area contributed by atoms with Crippen molar-refractivity contribution in [2.24, 2.45) is 0 Å². The zero-order valence-electron chi connectivity index (χ0n) is 11.3. The van der Waals surface area contributed by atoms with Crippen molar-refractivity contribution in [1.82, 2.24) is 5.32 Å². The minimum Gasteiger partial charge on any atom is -0.381 e. The van der Waals surface area contributed by atoms with E-state index < -0.39 is 0 Å². The Balaban J connectivity index is 1.86. The number of hydrogen-bond acceptors (Lipinski definition) is 3. The van der Waals surface area contributed by atoms with Crippen LogP contribution < -0.4 is 5.32 Å². The van der Waals surface area contributed by atoms with Crippen LogP contribution in [0.5, 0.6) is 0 Å². The molecule has 2 unspecified atom stereocenters. The summed E-state index contributed by atoms with van der Waals surface area (Å²) in [7, 11) is 3.55. The van der Waals surface area contributed by atoms with E-state index in [1.807, 2.05) is 0 Å². The molecule has 0 bridgehead atoms. The maximum atomic E-state index is 5.40. The molecule has 1 aliphatic carbocycles. The summed E-state index contributed by atoms with van der Waals surface area (Å²) in [6, 6.07) is 9.04. The second kappa shape index (κ2) is 6.88. The minimum absolute atomic E-state index is 0.441. The Bertz CT molecular complexity index is 367. The van der Waals surface area contributed by atoms with Gasteiger partial charge in [-0.3, -0.25) is 0 Å². The molecule has 18 heavy (non-hydrogen) atoms. The molecule has 1 aromatic rings. The first-order chi connectivity index (χ1) is 8.83. The molecular formula is C15H23NO2. The van der Waals surface area contributed by atoms with Gasteiger partial charge >= 0.3 is 0 Å². The van der Waals surface area contributed by atoms with E-state index >= 15 is 0 Å². The summed E-state index contributed by atoms with van der Waals surface area (Å²) in [6.45, 7) is 1.60.